The van der Waals surface area contributed by atoms with Gasteiger partial charge in [0.15, 0.2) is 0 Å². The van der Waals surface area contributed by atoms with Gasteiger partial charge in [0, 0.05) is 5.39 Å². The summed E-state index contributed by atoms with van der Waals surface area (Å²) >= 11 is 5.94. The Morgan fingerprint density at radius 2 is 1.83 bits per heavy atom. The van der Waals surface area contributed by atoms with E-state index in [1.54, 1.807) is 31.2 Å². The number of rotatable bonds is 7. The average molecular weight is 452 g/mol. The number of para-hydroxylation sites is 1. The first-order valence-electron chi connectivity index (χ1n) is 8.86. The van der Waals surface area contributed by atoms with Crippen LogP contribution in [-0.2, 0) is 26.1 Å². The zero-order chi connectivity index (χ0) is 21.9. The smallest absolute Gasteiger partial charge is 0.374 e. The van der Waals surface area contributed by atoms with Gasteiger partial charge in [0.1, 0.15) is 17.1 Å². The highest BCUT2D eigenvalue weighted by molar-refractivity contribution is 7.89. The fourth-order valence-corrected chi connectivity index (χ4v) is 4.02. The number of ether oxygens (including phenoxy) is 2. The third-order valence-electron chi connectivity index (χ3n) is 4.23. The normalized spacial score (nSPS) is 11.4. The van der Waals surface area contributed by atoms with Gasteiger partial charge in [-0.2, -0.15) is 0 Å². The van der Waals surface area contributed by atoms with Crippen LogP contribution in [0.5, 0.6) is 0 Å². The lowest BCUT2D eigenvalue weighted by Gasteiger charge is -2.09. The van der Waals surface area contributed by atoms with Gasteiger partial charge in [0.2, 0.25) is 15.8 Å². The highest BCUT2D eigenvalue weighted by atomic mass is 35.5. The number of carbonyl (C=O) groups is 2. The number of fused-ring (bicyclic) bond motifs is 1. The minimum atomic E-state index is -3.86. The first-order chi connectivity index (χ1) is 14.3. The zero-order valence-electron chi connectivity index (χ0n) is 16.1. The van der Waals surface area contributed by atoms with Crippen LogP contribution in [0.2, 0.25) is 5.02 Å². The van der Waals surface area contributed by atoms with E-state index in [2.05, 4.69) is 4.72 Å². The number of benzene rings is 2. The summed E-state index contributed by atoms with van der Waals surface area (Å²) in [6.45, 7) is 1.54. The molecule has 1 N–H and O–H groups in total. The Morgan fingerprint density at radius 1 is 1.10 bits per heavy atom. The summed E-state index contributed by atoms with van der Waals surface area (Å²) in [5, 5.41) is 0.564. The fourth-order valence-electron chi connectivity index (χ4n) is 2.77. The Hall–Kier alpha value is -2.88. The summed E-state index contributed by atoms with van der Waals surface area (Å²) in [7, 11) is -2.63. The molecule has 0 radical (unpaired) electrons. The molecule has 0 aliphatic rings. The molecule has 1 heterocycles. The predicted molar refractivity (Wildman–Crippen MR) is 109 cm³/mol. The Balaban J connectivity index is 1.90. The van der Waals surface area contributed by atoms with Crippen LogP contribution in [0.25, 0.3) is 11.0 Å². The Labute approximate surface area is 177 Å². The summed E-state index contributed by atoms with van der Waals surface area (Å²) in [6.07, 6.45) is 0. The number of esters is 2. The highest BCUT2D eigenvalue weighted by Gasteiger charge is 2.24. The second kappa shape index (κ2) is 8.86. The standard InChI is InChI=1S/C20H18ClNO7S/c1-3-27-20(24)18-14(13-6-4-5-7-16(13)29-18)11-28-19(23)12-8-9-15(21)17(10-12)30(25,26)22-2/h4-10,22H,3,11H2,1-2H3. The van der Waals surface area contributed by atoms with Gasteiger partial charge in [-0.25, -0.2) is 22.7 Å². The lowest BCUT2D eigenvalue weighted by atomic mass is 10.1. The van der Waals surface area contributed by atoms with Crippen molar-refractivity contribution in [2.75, 3.05) is 13.7 Å². The van der Waals surface area contributed by atoms with Crippen molar-refractivity contribution in [1.29, 1.82) is 0 Å². The average Bonchev–Trinajstić information content (AvgIpc) is 3.11. The number of sulfonamides is 1. The van der Waals surface area contributed by atoms with Crippen LogP contribution >= 0.6 is 11.6 Å². The van der Waals surface area contributed by atoms with Crippen LogP contribution in [0.4, 0.5) is 0 Å². The van der Waals surface area contributed by atoms with E-state index >= 15 is 0 Å². The maximum atomic E-state index is 12.5. The second-order valence-corrected chi connectivity index (χ2v) is 8.32. The summed E-state index contributed by atoms with van der Waals surface area (Å²) in [5.74, 6) is -1.52. The topological polar surface area (TPSA) is 112 Å². The second-order valence-electron chi connectivity index (χ2n) is 6.06. The molecule has 0 bridgehead atoms. The van der Waals surface area contributed by atoms with Crippen molar-refractivity contribution < 1.29 is 31.9 Å². The Morgan fingerprint density at radius 3 is 2.53 bits per heavy atom. The van der Waals surface area contributed by atoms with Crippen molar-refractivity contribution in [2.24, 2.45) is 0 Å². The van der Waals surface area contributed by atoms with Gasteiger partial charge in [-0.15, -0.1) is 0 Å². The minimum Gasteiger partial charge on any atom is -0.460 e. The number of nitrogens with one attached hydrogen (secondary N) is 1. The zero-order valence-corrected chi connectivity index (χ0v) is 17.7. The van der Waals surface area contributed by atoms with E-state index in [9.17, 15) is 18.0 Å². The van der Waals surface area contributed by atoms with Crippen molar-refractivity contribution in [3.63, 3.8) is 0 Å². The van der Waals surface area contributed by atoms with E-state index in [0.717, 1.165) is 6.07 Å². The van der Waals surface area contributed by atoms with E-state index in [0.29, 0.717) is 16.5 Å². The highest BCUT2D eigenvalue weighted by Crippen LogP contribution is 2.28. The quantitative estimate of drug-likeness (QED) is 0.547. The van der Waals surface area contributed by atoms with Gasteiger partial charge in [-0.1, -0.05) is 29.8 Å². The lowest BCUT2D eigenvalue weighted by molar-refractivity contribution is 0.0435. The molecule has 3 rings (SSSR count). The first-order valence-corrected chi connectivity index (χ1v) is 10.7. The maximum absolute atomic E-state index is 12.5. The molecule has 0 saturated heterocycles. The van der Waals surface area contributed by atoms with E-state index < -0.39 is 22.0 Å². The van der Waals surface area contributed by atoms with Crippen LogP contribution in [0.3, 0.4) is 0 Å². The van der Waals surface area contributed by atoms with Crippen LogP contribution in [0, 0.1) is 0 Å². The molecule has 0 aliphatic heterocycles. The fraction of sp³-hybridized carbons (Fsp3) is 0.200. The van der Waals surface area contributed by atoms with E-state index in [-0.39, 0.29) is 34.5 Å². The van der Waals surface area contributed by atoms with Crippen molar-refractivity contribution in [1.82, 2.24) is 4.72 Å². The van der Waals surface area contributed by atoms with Gasteiger partial charge in [0.05, 0.1) is 22.8 Å². The summed E-state index contributed by atoms with van der Waals surface area (Å²) in [5.41, 5.74) is 0.786. The first kappa shape index (κ1) is 21.8. The SMILES string of the molecule is CCOC(=O)c1oc2ccccc2c1COC(=O)c1ccc(Cl)c(S(=O)(=O)NC)c1. The molecule has 0 atom stereocenters. The van der Waals surface area contributed by atoms with Crippen LogP contribution in [-0.4, -0.2) is 34.0 Å². The third kappa shape index (κ3) is 4.33. The van der Waals surface area contributed by atoms with Gasteiger partial charge in [-0.3, -0.25) is 0 Å². The number of halogens is 1. The number of hydrogen-bond donors (Lipinski definition) is 1. The summed E-state index contributed by atoms with van der Waals surface area (Å²) in [4.78, 5) is 24.5. The van der Waals surface area contributed by atoms with E-state index in [4.69, 9.17) is 25.5 Å². The van der Waals surface area contributed by atoms with Gasteiger partial charge >= 0.3 is 11.9 Å². The van der Waals surface area contributed by atoms with E-state index in [1.807, 2.05) is 0 Å². The largest absolute Gasteiger partial charge is 0.460 e. The van der Waals surface area contributed by atoms with Crippen molar-refractivity contribution >= 4 is 44.5 Å². The summed E-state index contributed by atoms with van der Waals surface area (Å²) < 4.78 is 42.2. The molecule has 2 aromatic carbocycles. The number of carbonyl (C=O) groups excluding carboxylic acids is 2. The van der Waals surface area contributed by atoms with Crippen LogP contribution < -0.4 is 4.72 Å². The van der Waals surface area contributed by atoms with Gasteiger partial charge in [0.25, 0.3) is 0 Å². The van der Waals surface area contributed by atoms with Crippen molar-refractivity contribution in [3.05, 3.63) is 64.4 Å². The Bertz CT molecular complexity index is 1220. The number of hydrogen-bond acceptors (Lipinski definition) is 7. The molecule has 30 heavy (non-hydrogen) atoms. The molecular formula is C20H18ClNO7S. The molecule has 8 nitrogen and oxygen atoms in total. The maximum Gasteiger partial charge on any atom is 0.374 e. The monoisotopic (exact) mass is 451 g/mol. The lowest BCUT2D eigenvalue weighted by Crippen LogP contribution is -2.19. The molecule has 10 heteroatoms. The molecule has 0 spiro atoms. The molecule has 158 valence electrons. The molecule has 0 amide bonds. The predicted octanol–water partition coefficient (Wildman–Crippen LogP) is 3.53. The molecule has 0 unspecified atom stereocenters. The minimum absolute atomic E-state index is 0.0151. The van der Waals surface area contributed by atoms with Crippen LogP contribution in [0.1, 0.15) is 33.4 Å². The molecule has 3 aromatic rings. The van der Waals surface area contributed by atoms with Crippen LogP contribution in [0.15, 0.2) is 51.8 Å². The molecule has 0 fully saturated rings. The third-order valence-corrected chi connectivity index (χ3v) is 6.13. The molecule has 0 saturated carbocycles. The van der Waals surface area contributed by atoms with E-state index in [1.165, 1.54) is 19.2 Å². The van der Waals surface area contributed by atoms with Crippen molar-refractivity contribution in [2.45, 2.75) is 18.4 Å². The molecule has 0 aliphatic carbocycles. The molecular weight excluding hydrogens is 434 g/mol. The number of furan rings is 1. The Kier molecular flexibility index (Phi) is 6.45. The summed E-state index contributed by atoms with van der Waals surface area (Å²) in [6, 6.07) is 10.7. The molecule has 1 aromatic heterocycles. The van der Waals surface area contributed by atoms with Gasteiger partial charge in [-0.05, 0) is 38.2 Å². The van der Waals surface area contributed by atoms with Gasteiger partial charge < -0.3 is 13.9 Å². The van der Waals surface area contributed by atoms with Crippen molar-refractivity contribution in [3.8, 4) is 0 Å².